The molecule has 2 N–H and O–H groups in total. The van der Waals surface area contributed by atoms with Gasteiger partial charge in [0.2, 0.25) is 0 Å². The molecule has 7 nitrogen and oxygen atoms in total. The van der Waals surface area contributed by atoms with Crippen LogP contribution in [0.3, 0.4) is 0 Å². The summed E-state index contributed by atoms with van der Waals surface area (Å²) in [6.45, 7) is 2.28. The Bertz CT molecular complexity index is 972. The fourth-order valence-corrected chi connectivity index (χ4v) is 2.88. The number of halogens is 1. The fourth-order valence-electron chi connectivity index (χ4n) is 2.88. The minimum Gasteiger partial charge on any atom is -0.488 e. The van der Waals surface area contributed by atoms with Crippen molar-refractivity contribution in [3.05, 3.63) is 42.0 Å². The van der Waals surface area contributed by atoms with Crippen LogP contribution in [0.25, 0.3) is 22.2 Å². The first kappa shape index (κ1) is 16.3. The van der Waals surface area contributed by atoms with Crippen molar-refractivity contribution < 1.29 is 18.7 Å². The van der Waals surface area contributed by atoms with Gasteiger partial charge in [0.25, 0.3) is 0 Å². The Hall–Kier alpha value is -3.16. The molecule has 0 spiro atoms. The third kappa shape index (κ3) is 3.17. The zero-order valence-corrected chi connectivity index (χ0v) is 14.1. The van der Waals surface area contributed by atoms with Gasteiger partial charge in [-0.15, -0.1) is 0 Å². The number of H-pyrrole nitrogens is 1. The normalized spacial score (nSPS) is 17.8. The number of amides is 1. The third-order valence-corrected chi connectivity index (χ3v) is 4.20. The van der Waals surface area contributed by atoms with Crippen molar-refractivity contribution in [3.8, 4) is 17.0 Å². The van der Waals surface area contributed by atoms with E-state index in [0.29, 0.717) is 24.2 Å². The first-order valence-corrected chi connectivity index (χ1v) is 8.29. The minimum atomic E-state index is -0.522. The summed E-state index contributed by atoms with van der Waals surface area (Å²) in [5, 5.41) is 10.5. The smallest absolute Gasteiger partial charge is 0.407 e. The van der Waals surface area contributed by atoms with Gasteiger partial charge < -0.3 is 14.8 Å². The van der Waals surface area contributed by atoms with Crippen molar-refractivity contribution in [2.45, 2.75) is 26.1 Å². The van der Waals surface area contributed by atoms with Crippen molar-refractivity contribution in [1.82, 2.24) is 20.5 Å². The monoisotopic (exact) mass is 356 g/mol. The number of hydrogen-bond donors (Lipinski definition) is 2. The van der Waals surface area contributed by atoms with E-state index in [1.807, 2.05) is 13.0 Å². The fraction of sp³-hybridized carbons (Fsp3) is 0.278. The first-order chi connectivity index (χ1) is 12.6. The molecule has 0 fully saturated rings. The third-order valence-electron chi connectivity index (χ3n) is 4.20. The average Bonchev–Trinajstić information content (AvgIpc) is 3.02. The van der Waals surface area contributed by atoms with Crippen LogP contribution in [0.1, 0.15) is 18.9 Å². The maximum atomic E-state index is 14.3. The summed E-state index contributed by atoms with van der Waals surface area (Å²) < 4.78 is 25.3. The predicted octanol–water partition coefficient (Wildman–Crippen LogP) is 3.16. The van der Waals surface area contributed by atoms with E-state index in [4.69, 9.17) is 9.47 Å². The number of rotatable bonds is 0. The maximum absolute atomic E-state index is 14.3. The van der Waals surface area contributed by atoms with Crippen LogP contribution in [0.2, 0.25) is 0 Å². The van der Waals surface area contributed by atoms with Crippen LogP contribution < -0.4 is 10.1 Å². The number of cyclic esters (lactones) is 1. The largest absolute Gasteiger partial charge is 0.488 e. The molecule has 4 rings (SSSR count). The van der Waals surface area contributed by atoms with E-state index in [0.717, 1.165) is 16.5 Å². The van der Waals surface area contributed by atoms with Gasteiger partial charge in [0.15, 0.2) is 11.6 Å². The van der Waals surface area contributed by atoms with Crippen LogP contribution in [0.5, 0.6) is 5.75 Å². The molecule has 0 saturated carbocycles. The Morgan fingerprint density at radius 2 is 2.15 bits per heavy atom. The molecule has 26 heavy (non-hydrogen) atoms. The van der Waals surface area contributed by atoms with E-state index >= 15 is 0 Å². The van der Waals surface area contributed by atoms with Crippen molar-refractivity contribution in [1.29, 1.82) is 0 Å². The molecule has 8 heteroatoms. The summed E-state index contributed by atoms with van der Waals surface area (Å²) in [5.41, 5.74) is 2.67. The highest BCUT2D eigenvalue weighted by atomic mass is 19.1. The van der Waals surface area contributed by atoms with Gasteiger partial charge >= 0.3 is 6.09 Å². The van der Waals surface area contributed by atoms with Crippen molar-refractivity contribution in [2.75, 3.05) is 6.54 Å². The number of carbonyl (C=O) groups is 1. The molecule has 3 aromatic rings. The molecule has 2 aromatic heterocycles. The summed E-state index contributed by atoms with van der Waals surface area (Å²) in [4.78, 5) is 16.0. The molecule has 0 radical (unpaired) electrons. The summed E-state index contributed by atoms with van der Waals surface area (Å²) >= 11 is 0. The number of pyridine rings is 1. The Kier molecular flexibility index (Phi) is 4.16. The van der Waals surface area contributed by atoms with Gasteiger partial charge in [-0.2, -0.15) is 5.10 Å². The lowest BCUT2D eigenvalue weighted by molar-refractivity contribution is 0.137. The van der Waals surface area contributed by atoms with Gasteiger partial charge in [-0.25, -0.2) is 9.18 Å². The summed E-state index contributed by atoms with van der Waals surface area (Å²) in [5.74, 6) is -0.322. The topological polar surface area (TPSA) is 89.1 Å². The highest BCUT2D eigenvalue weighted by Crippen LogP contribution is 2.32. The maximum Gasteiger partial charge on any atom is 0.407 e. The van der Waals surface area contributed by atoms with Gasteiger partial charge in [-0.3, -0.25) is 10.1 Å². The second kappa shape index (κ2) is 6.62. The van der Waals surface area contributed by atoms with Gasteiger partial charge in [0.1, 0.15) is 12.3 Å². The molecule has 1 atom stereocenters. The Morgan fingerprint density at radius 1 is 1.27 bits per heavy atom. The second-order valence-corrected chi connectivity index (χ2v) is 6.20. The molecule has 1 aliphatic heterocycles. The van der Waals surface area contributed by atoms with Crippen LogP contribution >= 0.6 is 0 Å². The van der Waals surface area contributed by atoms with E-state index in [-0.39, 0.29) is 18.5 Å². The van der Waals surface area contributed by atoms with Gasteiger partial charge in [0, 0.05) is 47.9 Å². The summed E-state index contributed by atoms with van der Waals surface area (Å²) in [6, 6.07) is 4.84. The SMILES string of the molecule is CC1CCNC(=O)OCc2cncc(c2)-c2n[nH]c3cc(F)c(cc23)O1. The van der Waals surface area contributed by atoms with Gasteiger partial charge in [-0.1, -0.05) is 0 Å². The number of benzene rings is 1. The lowest BCUT2D eigenvalue weighted by Gasteiger charge is -2.15. The number of ether oxygens (including phenoxy) is 2. The Balaban J connectivity index is 1.82. The molecular formula is C18H17FN4O3. The molecule has 1 amide bonds. The van der Waals surface area contributed by atoms with Crippen LogP contribution in [-0.2, 0) is 11.3 Å². The van der Waals surface area contributed by atoms with Crippen LogP contribution in [0.15, 0.2) is 30.6 Å². The number of aromatic amines is 1. The van der Waals surface area contributed by atoms with E-state index in [1.165, 1.54) is 6.07 Å². The molecule has 134 valence electrons. The second-order valence-electron chi connectivity index (χ2n) is 6.20. The first-order valence-electron chi connectivity index (χ1n) is 8.29. The zero-order chi connectivity index (χ0) is 18.1. The molecule has 0 saturated heterocycles. The highest BCUT2D eigenvalue weighted by molar-refractivity contribution is 5.93. The number of nitrogens with zero attached hydrogens (tertiary/aromatic N) is 2. The van der Waals surface area contributed by atoms with Crippen molar-refractivity contribution in [3.63, 3.8) is 0 Å². The molecule has 1 unspecified atom stereocenters. The Labute approximate surface area is 148 Å². The summed E-state index contributed by atoms with van der Waals surface area (Å²) in [7, 11) is 0. The average molecular weight is 356 g/mol. The van der Waals surface area contributed by atoms with Gasteiger partial charge in [-0.05, 0) is 19.1 Å². The van der Waals surface area contributed by atoms with E-state index in [9.17, 15) is 9.18 Å². The number of nitrogens with one attached hydrogen (secondary N) is 2. The number of alkyl carbamates (subject to hydrolysis) is 1. The lowest BCUT2D eigenvalue weighted by atomic mass is 10.1. The van der Waals surface area contributed by atoms with E-state index in [1.54, 1.807) is 18.5 Å². The Morgan fingerprint density at radius 3 is 3.04 bits per heavy atom. The standard InChI is InChI=1S/C18H17FN4O3/c1-10-2-3-21-18(24)25-9-11-4-12(8-20-7-11)17-13-5-16(26-10)14(19)6-15(13)22-23-17/h4-8,10H,2-3,9H2,1H3,(H,21,24)(H,22,23). The molecule has 4 bridgehead atoms. The molecule has 1 aliphatic rings. The van der Waals surface area contributed by atoms with Gasteiger partial charge in [0.05, 0.1) is 11.6 Å². The van der Waals surface area contributed by atoms with Crippen LogP contribution in [-0.4, -0.2) is 33.9 Å². The van der Waals surface area contributed by atoms with Crippen molar-refractivity contribution >= 4 is 17.0 Å². The number of fused-ring (bicyclic) bond motifs is 4. The quantitative estimate of drug-likeness (QED) is 0.646. The van der Waals surface area contributed by atoms with E-state index < -0.39 is 11.9 Å². The van der Waals surface area contributed by atoms with E-state index in [2.05, 4.69) is 20.5 Å². The molecule has 3 heterocycles. The number of hydrogen-bond acceptors (Lipinski definition) is 5. The number of aromatic nitrogens is 3. The molecule has 1 aromatic carbocycles. The lowest BCUT2D eigenvalue weighted by Crippen LogP contribution is -2.28. The molecular weight excluding hydrogens is 339 g/mol. The number of carbonyl (C=O) groups excluding carboxylic acids is 1. The summed E-state index contributed by atoms with van der Waals surface area (Å²) in [6.07, 6.45) is 2.99. The molecule has 0 aliphatic carbocycles. The van der Waals surface area contributed by atoms with Crippen molar-refractivity contribution in [2.24, 2.45) is 0 Å². The zero-order valence-electron chi connectivity index (χ0n) is 14.1. The van der Waals surface area contributed by atoms with Crippen LogP contribution in [0.4, 0.5) is 9.18 Å². The predicted molar refractivity (Wildman–Crippen MR) is 92.2 cm³/mol. The minimum absolute atomic E-state index is 0.0982. The highest BCUT2D eigenvalue weighted by Gasteiger charge is 2.16. The van der Waals surface area contributed by atoms with Crippen LogP contribution in [0, 0.1) is 5.82 Å².